The van der Waals surface area contributed by atoms with Crippen molar-refractivity contribution < 1.29 is 4.74 Å². The van der Waals surface area contributed by atoms with Crippen LogP contribution in [0.15, 0.2) is 12.2 Å². The predicted molar refractivity (Wildman–Crippen MR) is 61.1 cm³/mol. The summed E-state index contributed by atoms with van der Waals surface area (Å²) in [4.78, 5) is 0. The molecule has 0 aromatic heterocycles. The lowest BCUT2D eigenvalue weighted by molar-refractivity contribution is 0.0152. The van der Waals surface area contributed by atoms with Crippen molar-refractivity contribution in [2.24, 2.45) is 5.92 Å². The van der Waals surface area contributed by atoms with Crippen LogP contribution in [0.2, 0.25) is 0 Å². The molecule has 0 aromatic rings. The van der Waals surface area contributed by atoms with Gasteiger partial charge in [0, 0.05) is 16.8 Å². The standard InChI is InChI=1S/C11H22OSi/c1-10(2)6-5-8-11(13)7-3-4-9-12-11/h5,8,10H,3-4,6-7,9H2,1-2,13H3. The molecule has 1 saturated heterocycles. The second-order valence-electron chi connectivity index (χ2n) is 4.65. The lowest BCUT2D eigenvalue weighted by Crippen LogP contribution is -2.34. The Morgan fingerprint density at radius 3 is 2.77 bits per heavy atom. The fourth-order valence-electron chi connectivity index (χ4n) is 1.68. The second-order valence-corrected chi connectivity index (χ2v) is 6.34. The van der Waals surface area contributed by atoms with Gasteiger partial charge in [-0.3, -0.25) is 0 Å². The van der Waals surface area contributed by atoms with Crippen molar-refractivity contribution in [1.82, 2.24) is 0 Å². The summed E-state index contributed by atoms with van der Waals surface area (Å²) in [6, 6.07) is 0. The quantitative estimate of drug-likeness (QED) is 0.497. The molecule has 0 saturated carbocycles. The number of rotatable bonds is 3. The average Bonchev–Trinajstić information content (AvgIpc) is 2.04. The normalized spacial score (nSPS) is 30.4. The number of hydrogen-bond donors (Lipinski definition) is 0. The molecule has 0 spiro atoms. The maximum Gasteiger partial charge on any atom is 0.0655 e. The van der Waals surface area contributed by atoms with Crippen molar-refractivity contribution in [3.63, 3.8) is 0 Å². The van der Waals surface area contributed by atoms with Gasteiger partial charge in [-0.2, -0.15) is 0 Å². The summed E-state index contributed by atoms with van der Waals surface area (Å²) >= 11 is 0. The Bertz CT molecular complexity index is 169. The molecule has 1 aliphatic heterocycles. The van der Waals surface area contributed by atoms with Gasteiger partial charge in [0.2, 0.25) is 0 Å². The summed E-state index contributed by atoms with van der Waals surface area (Å²) in [5.41, 5.74) is 0. The minimum atomic E-state index is 0.174. The molecule has 0 bridgehead atoms. The van der Waals surface area contributed by atoms with Crippen LogP contribution < -0.4 is 0 Å². The third-order valence-electron chi connectivity index (χ3n) is 2.58. The first-order valence-corrected chi connectivity index (χ1v) is 6.44. The Morgan fingerprint density at radius 2 is 2.23 bits per heavy atom. The summed E-state index contributed by atoms with van der Waals surface area (Å²) in [7, 11) is 1.13. The largest absolute Gasteiger partial charge is 0.376 e. The Kier molecular flexibility index (Phi) is 4.20. The van der Waals surface area contributed by atoms with E-state index in [-0.39, 0.29) is 5.22 Å². The van der Waals surface area contributed by atoms with Gasteiger partial charge in [-0.05, 0) is 31.6 Å². The Morgan fingerprint density at radius 1 is 1.46 bits per heavy atom. The monoisotopic (exact) mass is 198 g/mol. The van der Waals surface area contributed by atoms with Gasteiger partial charge in [0.15, 0.2) is 0 Å². The molecule has 0 amide bonds. The van der Waals surface area contributed by atoms with Crippen molar-refractivity contribution in [3.05, 3.63) is 12.2 Å². The minimum Gasteiger partial charge on any atom is -0.376 e. The summed E-state index contributed by atoms with van der Waals surface area (Å²) in [6.07, 6.45) is 9.65. The molecule has 13 heavy (non-hydrogen) atoms. The summed E-state index contributed by atoms with van der Waals surface area (Å²) in [6.45, 7) is 5.48. The number of hydrogen-bond acceptors (Lipinski definition) is 1. The SMILES string of the molecule is CC(C)CC=CC1([SiH3])CCCCO1. The molecule has 1 atom stereocenters. The van der Waals surface area contributed by atoms with Crippen LogP contribution >= 0.6 is 0 Å². The van der Waals surface area contributed by atoms with Crippen molar-refractivity contribution in [1.29, 1.82) is 0 Å². The van der Waals surface area contributed by atoms with Gasteiger partial charge in [-0.25, -0.2) is 0 Å². The first-order valence-electron chi connectivity index (χ1n) is 5.44. The van der Waals surface area contributed by atoms with Gasteiger partial charge in [-0.1, -0.05) is 26.0 Å². The van der Waals surface area contributed by atoms with Crippen LogP contribution in [-0.2, 0) is 4.74 Å². The molecular formula is C11H22OSi. The third-order valence-corrected chi connectivity index (χ3v) is 3.70. The van der Waals surface area contributed by atoms with E-state index >= 15 is 0 Å². The highest BCUT2D eigenvalue weighted by atomic mass is 28.1. The van der Waals surface area contributed by atoms with Crippen LogP contribution in [0.5, 0.6) is 0 Å². The van der Waals surface area contributed by atoms with E-state index in [4.69, 9.17) is 4.74 Å². The van der Waals surface area contributed by atoms with E-state index in [1.54, 1.807) is 0 Å². The molecule has 1 rings (SSSR count). The van der Waals surface area contributed by atoms with E-state index in [9.17, 15) is 0 Å². The Hall–Kier alpha value is -0.0831. The average molecular weight is 198 g/mol. The molecule has 1 fully saturated rings. The summed E-state index contributed by atoms with van der Waals surface area (Å²) in [5, 5.41) is 0.174. The zero-order valence-corrected chi connectivity index (χ0v) is 11.2. The fourth-order valence-corrected chi connectivity index (χ4v) is 2.47. The van der Waals surface area contributed by atoms with E-state index in [0.29, 0.717) is 0 Å². The van der Waals surface area contributed by atoms with Gasteiger partial charge in [0.05, 0.1) is 5.22 Å². The Balaban J connectivity index is 2.36. The van der Waals surface area contributed by atoms with Gasteiger partial charge < -0.3 is 4.74 Å². The minimum absolute atomic E-state index is 0.174. The van der Waals surface area contributed by atoms with Gasteiger partial charge in [-0.15, -0.1) is 0 Å². The van der Waals surface area contributed by atoms with E-state index in [1.807, 2.05) is 0 Å². The van der Waals surface area contributed by atoms with Crippen LogP contribution in [0.4, 0.5) is 0 Å². The second kappa shape index (κ2) is 4.96. The predicted octanol–water partition coefficient (Wildman–Crippen LogP) is 1.85. The molecule has 0 aromatic carbocycles. The summed E-state index contributed by atoms with van der Waals surface area (Å²) < 4.78 is 5.82. The van der Waals surface area contributed by atoms with E-state index in [1.165, 1.54) is 25.7 Å². The molecule has 0 aliphatic carbocycles. The van der Waals surface area contributed by atoms with Crippen LogP contribution in [0, 0.1) is 5.92 Å². The lowest BCUT2D eigenvalue weighted by Gasteiger charge is -2.31. The van der Waals surface area contributed by atoms with Crippen molar-refractivity contribution >= 4 is 10.2 Å². The fraction of sp³-hybridized carbons (Fsp3) is 0.818. The smallest absolute Gasteiger partial charge is 0.0655 e. The molecule has 1 aliphatic rings. The van der Waals surface area contributed by atoms with E-state index in [2.05, 4.69) is 26.0 Å². The molecule has 1 nitrogen and oxygen atoms in total. The zero-order valence-electron chi connectivity index (χ0n) is 9.18. The van der Waals surface area contributed by atoms with Crippen molar-refractivity contribution in [2.75, 3.05) is 6.61 Å². The first-order chi connectivity index (χ1) is 6.12. The molecule has 1 unspecified atom stereocenters. The van der Waals surface area contributed by atoms with E-state index in [0.717, 1.165) is 22.8 Å². The molecule has 0 radical (unpaired) electrons. The van der Waals surface area contributed by atoms with Crippen molar-refractivity contribution in [2.45, 2.75) is 44.8 Å². The van der Waals surface area contributed by atoms with Gasteiger partial charge in [0.25, 0.3) is 0 Å². The molecule has 1 heterocycles. The highest BCUT2D eigenvalue weighted by Crippen LogP contribution is 2.23. The molecule has 0 N–H and O–H groups in total. The maximum absolute atomic E-state index is 5.82. The van der Waals surface area contributed by atoms with Crippen LogP contribution in [0.3, 0.4) is 0 Å². The third kappa shape index (κ3) is 4.10. The lowest BCUT2D eigenvalue weighted by atomic mass is 10.1. The van der Waals surface area contributed by atoms with Crippen molar-refractivity contribution in [3.8, 4) is 0 Å². The summed E-state index contributed by atoms with van der Waals surface area (Å²) in [5.74, 6) is 0.769. The van der Waals surface area contributed by atoms with Crippen LogP contribution in [-0.4, -0.2) is 22.1 Å². The van der Waals surface area contributed by atoms with Gasteiger partial charge >= 0.3 is 0 Å². The Labute approximate surface area is 85.0 Å². The number of allylic oxidation sites excluding steroid dienone is 1. The first kappa shape index (κ1) is 11.0. The van der Waals surface area contributed by atoms with E-state index < -0.39 is 0 Å². The van der Waals surface area contributed by atoms with Crippen LogP contribution in [0.1, 0.15) is 39.5 Å². The molecule has 76 valence electrons. The molecule has 2 heteroatoms. The van der Waals surface area contributed by atoms with Gasteiger partial charge in [0.1, 0.15) is 0 Å². The highest BCUT2D eigenvalue weighted by Gasteiger charge is 2.23. The molecular weight excluding hydrogens is 176 g/mol. The number of ether oxygens (including phenoxy) is 1. The maximum atomic E-state index is 5.82. The zero-order chi connectivity index (χ0) is 9.73. The highest BCUT2D eigenvalue weighted by molar-refractivity contribution is 6.16. The van der Waals surface area contributed by atoms with Crippen LogP contribution in [0.25, 0.3) is 0 Å². The topological polar surface area (TPSA) is 9.23 Å².